The Bertz CT molecular complexity index is 1160. The quantitative estimate of drug-likeness (QED) is 0.486. The van der Waals surface area contributed by atoms with E-state index in [0.717, 1.165) is 38.9 Å². The Morgan fingerprint density at radius 2 is 1.86 bits per heavy atom. The van der Waals surface area contributed by atoms with Crippen LogP contribution in [-0.2, 0) is 16.6 Å². The summed E-state index contributed by atoms with van der Waals surface area (Å²) in [5.74, 6) is 1.56. The van der Waals surface area contributed by atoms with Gasteiger partial charge < -0.3 is 19.9 Å². The molecular weight excluding hydrogens is 370 g/mol. The number of aryl methyl sites for hydroxylation is 1. The van der Waals surface area contributed by atoms with Crippen molar-refractivity contribution < 1.29 is 19.0 Å². The Labute approximate surface area is 168 Å². The third-order valence-corrected chi connectivity index (χ3v) is 4.91. The van der Waals surface area contributed by atoms with Gasteiger partial charge in [-0.1, -0.05) is 12.1 Å². The second-order valence-corrected chi connectivity index (χ2v) is 6.72. The van der Waals surface area contributed by atoms with Crippen molar-refractivity contribution in [3.63, 3.8) is 0 Å². The van der Waals surface area contributed by atoms with Gasteiger partial charge in [-0.15, -0.1) is 0 Å². The van der Waals surface area contributed by atoms with E-state index in [9.17, 15) is 4.79 Å². The van der Waals surface area contributed by atoms with Gasteiger partial charge in [-0.3, -0.25) is 9.78 Å². The molecule has 4 rings (SSSR count). The number of rotatable bonds is 6. The monoisotopic (exact) mass is 393 g/mol. The zero-order chi connectivity index (χ0) is 20.5. The van der Waals surface area contributed by atoms with Gasteiger partial charge in [-0.05, 0) is 48.2 Å². The molecule has 3 N–H and O–H groups in total. The van der Waals surface area contributed by atoms with E-state index in [1.54, 1.807) is 0 Å². The first-order chi connectivity index (χ1) is 14.0. The molecule has 0 radical (unpaired) electrons. The lowest BCUT2D eigenvalue weighted by Crippen LogP contribution is -2.12. The summed E-state index contributed by atoms with van der Waals surface area (Å²) >= 11 is 0. The highest BCUT2D eigenvalue weighted by Crippen LogP contribution is 2.48. The van der Waals surface area contributed by atoms with Crippen molar-refractivity contribution in [3.8, 4) is 33.9 Å². The van der Waals surface area contributed by atoms with Crippen molar-refractivity contribution in [2.45, 2.75) is 6.92 Å². The smallest absolute Gasteiger partial charge is 0.343 e. The van der Waals surface area contributed by atoms with Crippen LogP contribution in [0.25, 0.3) is 33.2 Å². The van der Waals surface area contributed by atoms with Crippen LogP contribution in [0.15, 0.2) is 42.5 Å². The Kier molecular flexibility index (Phi) is 4.80. The highest BCUT2D eigenvalue weighted by Gasteiger charge is 2.26. The van der Waals surface area contributed by atoms with E-state index in [-0.39, 0.29) is 6.61 Å². The van der Waals surface area contributed by atoms with E-state index in [1.807, 2.05) is 61.1 Å². The molecule has 29 heavy (non-hydrogen) atoms. The van der Waals surface area contributed by atoms with Crippen molar-refractivity contribution >= 4 is 22.6 Å². The molecule has 2 aromatic carbocycles. The van der Waals surface area contributed by atoms with Crippen LogP contribution in [0.1, 0.15) is 6.92 Å². The third-order valence-electron chi connectivity index (χ3n) is 4.91. The number of H-pyrrole nitrogens is 1. The van der Waals surface area contributed by atoms with Gasteiger partial charge in [0.15, 0.2) is 6.61 Å². The molecule has 2 aliphatic rings. The minimum atomic E-state index is -0.428. The Morgan fingerprint density at radius 1 is 1.07 bits per heavy atom. The fraction of sp³-hybridized carbons (Fsp3) is 0.227. The van der Waals surface area contributed by atoms with E-state index < -0.39 is 5.97 Å². The van der Waals surface area contributed by atoms with Gasteiger partial charge in [0.2, 0.25) is 0 Å². The van der Waals surface area contributed by atoms with Gasteiger partial charge in [0.1, 0.15) is 17.3 Å². The number of ether oxygens (including phenoxy) is 3. The predicted molar refractivity (Wildman–Crippen MR) is 112 cm³/mol. The van der Waals surface area contributed by atoms with Crippen molar-refractivity contribution in [1.82, 2.24) is 9.78 Å². The lowest BCUT2D eigenvalue weighted by Gasteiger charge is -2.08. The molecule has 0 fully saturated rings. The fourth-order valence-electron chi connectivity index (χ4n) is 3.73. The average molecular weight is 393 g/mol. The molecule has 0 amide bonds. The molecule has 2 aromatic rings. The van der Waals surface area contributed by atoms with Gasteiger partial charge in [-0.25, -0.2) is 4.79 Å². The van der Waals surface area contributed by atoms with E-state index in [4.69, 9.17) is 15.2 Å². The molecule has 0 saturated heterocycles. The highest BCUT2D eigenvalue weighted by atomic mass is 16.6. The van der Waals surface area contributed by atoms with Crippen LogP contribution in [0.4, 0.5) is 5.82 Å². The largest absolute Gasteiger partial charge is 0.494 e. The summed E-state index contributed by atoms with van der Waals surface area (Å²) in [5, 5.41) is 5.19. The van der Waals surface area contributed by atoms with Crippen molar-refractivity contribution in [3.05, 3.63) is 42.5 Å². The maximum atomic E-state index is 11.4. The number of carbonyl (C=O) groups excluding carboxylic acids is 1. The van der Waals surface area contributed by atoms with Gasteiger partial charge in [0.25, 0.3) is 0 Å². The first-order valence-electron chi connectivity index (χ1n) is 9.36. The molecule has 0 spiro atoms. The summed E-state index contributed by atoms with van der Waals surface area (Å²) in [7, 11) is 3.25. The molecule has 150 valence electrons. The summed E-state index contributed by atoms with van der Waals surface area (Å²) in [6.07, 6.45) is 0. The van der Waals surface area contributed by atoms with Crippen LogP contribution < -0.4 is 15.2 Å². The van der Waals surface area contributed by atoms with Gasteiger partial charge in [-0.2, -0.15) is 0 Å². The van der Waals surface area contributed by atoms with E-state index in [1.165, 1.54) is 7.11 Å². The number of nitrogens with two attached hydrogens (primary N) is 1. The van der Waals surface area contributed by atoms with Crippen LogP contribution >= 0.6 is 0 Å². The Hall–Kier alpha value is -3.61. The zero-order valence-electron chi connectivity index (χ0n) is 16.6. The molecular formula is C22H23N3O4. The molecule has 1 aliphatic heterocycles. The number of nitrogens with one attached hydrogen (secondary N) is 1. The minimum Gasteiger partial charge on any atom is -0.494 e. The number of fused-ring (bicyclic) bond motifs is 3. The van der Waals surface area contributed by atoms with Crippen molar-refractivity contribution in [2.75, 3.05) is 26.1 Å². The first kappa shape index (κ1) is 18.7. The summed E-state index contributed by atoms with van der Waals surface area (Å²) in [6.45, 7) is 2.42. The molecule has 0 aromatic heterocycles. The first-order valence-corrected chi connectivity index (χ1v) is 9.36. The Morgan fingerprint density at radius 3 is 2.62 bits per heavy atom. The molecule has 7 nitrogen and oxygen atoms in total. The number of aromatic amines is 1. The summed E-state index contributed by atoms with van der Waals surface area (Å²) in [6, 6.07) is 13.7. The Balaban J connectivity index is 1.89. The summed E-state index contributed by atoms with van der Waals surface area (Å²) in [4.78, 5) is 11.4. The van der Waals surface area contributed by atoms with Crippen molar-refractivity contribution in [2.24, 2.45) is 7.05 Å². The van der Waals surface area contributed by atoms with Gasteiger partial charge in [0.05, 0.1) is 25.0 Å². The number of nitrogens with zero attached hydrogens (tertiary/aromatic N) is 1. The van der Waals surface area contributed by atoms with E-state index in [2.05, 4.69) is 9.84 Å². The fourth-order valence-corrected chi connectivity index (χ4v) is 3.73. The van der Waals surface area contributed by atoms with Crippen LogP contribution in [0.3, 0.4) is 0 Å². The molecule has 0 bridgehead atoms. The maximum absolute atomic E-state index is 11.4. The molecule has 0 atom stereocenters. The molecule has 1 heterocycles. The maximum Gasteiger partial charge on any atom is 0.343 e. The predicted octanol–water partition coefficient (Wildman–Crippen LogP) is 3.81. The summed E-state index contributed by atoms with van der Waals surface area (Å²) in [5.41, 5.74) is 10.3. The van der Waals surface area contributed by atoms with Crippen LogP contribution in [0.2, 0.25) is 0 Å². The molecule has 0 saturated carbocycles. The van der Waals surface area contributed by atoms with Crippen molar-refractivity contribution in [1.29, 1.82) is 0 Å². The second-order valence-electron chi connectivity index (χ2n) is 6.72. The zero-order valence-corrected chi connectivity index (χ0v) is 16.6. The van der Waals surface area contributed by atoms with Crippen LogP contribution in [0.5, 0.6) is 11.5 Å². The number of methoxy groups -OCH3 is 1. The van der Waals surface area contributed by atoms with Crippen LogP contribution in [-0.4, -0.2) is 36.1 Å². The lowest BCUT2D eigenvalue weighted by molar-refractivity contribution is -0.142. The topological polar surface area (TPSA) is 91.5 Å². The standard InChI is InChI=1S/C22H23N3O4/c1-4-28-14-7-5-6-13(10-14)19-16-9-8-15(29-12-18(26)27-3)11-17(16)21-20(19)22(23)24-25(21)2/h5-11,24H,4,12,23H2,1-3H3. The molecule has 1 aliphatic carbocycles. The molecule has 7 heteroatoms. The normalized spacial score (nSPS) is 11.1. The van der Waals surface area contributed by atoms with E-state index >= 15 is 0 Å². The third kappa shape index (κ3) is 3.24. The average Bonchev–Trinajstić information content (AvgIpc) is 3.21. The molecule has 0 unspecified atom stereocenters. The van der Waals surface area contributed by atoms with E-state index in [0.29, 0.717) is 18.2 Å². The number of aromatic nitrogens is 2. The number of hydrogen-bond acceptors (Lipinski definition) is 5. The number of benzene rings is 2. The number of anilines is 1. The number of carbonyl (C=O) groups is 1. The number of hydrogen-bond donors (Lipinski definition) is 2. The van der Waals surface area contributed by atoms with Gasteiger partial charge in [0, 0.05) is 18.0 Å². The van der Waals surface area contributed by atoms with Gasteiger partial charge >= 0.3 is 5.97 Å². The lowest BCUT2D eigenvalue weighted by atomic mass is 10.0. The SMILES string of the molecule is CCOc1cccc(-c2c3c(N)[nH]n(C)c-3c3cc(OCC(=O)OC)ccc23)c1. The number of esters is 1. The number of nitrogen functional groups attached to an aromatic ring is 1. The summed E-state index contributed by atoms with van der Waals surface area (Å²) < 4.78 is 17.8. The highest BCUT2D eigenvalue weighted by molar-refractivity contribution is 6.16. The second kappa shape index (κ2) is 7.43. The van der Waals surface area contributed by atoms with Crippen LogP contribution in [0, 0.1) is 0 Å². The minimum absolute atomic E-state index is 0.142.